The molecule has 0 radical (unpaired) electrons. The summed E-state index contributed by atoms with van der Waals surface area (Å²) in [6, 6.07) is 9.37. The van der Waals surface area contributed by atoms with Crippen LogP contribution in [0.3, 0.4) is 0 Å². The molecule has 1 N–H and O–H groups in total. The van der Waals surface area contributed by atoms with Crippen LogP contribution in [0.15, 0.2) is 30.3 Å². The summed E-state index contributed by atoms with van der Waals surface area (Å²) in [5, 5.41) is 7.25. The summed E-state index contributed by atoms with van der Waals surface area (Å²) in [6.07, 6.45) is 0.634. The Morgan fingerprint density at radius 3 is 2.55 bits per heavy atom. The third-order valence-electron chi connectivity index (χ3n) is 1.31. The molecular weight excluding hydrogens is 138 g/mol. The zero-order valence-electron chi connectivity index (χ0n) is 6.50. The third kappa shape index (κ3) is 2.42. The van der Waals surface area contributed by atoms with Gasteiger partial charge in [0.1, 0.15) is 5.75 Å². The van der Waals surface area contributed by atoms with E-state index in [2.05, 4.69) is 0 Å². The van der Waals surface area contributed by atoms with Crippen LogP contribution in [0, 0.1) is 5.41 Å². The minimum Gasteiger partial charge on any atom is -0.444 e. The molecule has 0 aliphatic rings. The lowest BCUT2D eigenvalue weighted by Gasteiger charge is -2.02. The largest absolute Gasteiger partial charge is 0.444 e. The van der Waals surface area contributed by atoms with Crippen molar-refractivity contribution < 1.29 is 4.74 Å². The van der Waals surface area contributed by atoms with Crippen molar-refractivity contribution in [1.29, 1.82) is 5.41 Å². The van der Waals surface area contributed by atoms with E-state index in [1.165, 1.54) is 0 Å². The Hall–Kier alpha value is -1.31. The van der Waals surface area contributed by atoms with Crippen LogP contribution in [0.1, 0.15) is 13.3 Å². The number of hydrogen-bond donors (Lipinski definition) is 1. The highest BCUT2D eigenvalue weighted by atomic mass is 16.5. The average molecular weight is 149 g/mol. The summed E-state index contributed by atoms with van der Waals surface area (Å²) in [5.41, 5.74) is 0. The molecule has 0 aliphatic carbocycles. The Morgan fingerprint density at radius 1 is 1.36 bits per heavy atom. The molecule has 0 fully saturated rings. The summed E-state index contributed by atoms with van der Waals surface area (Å²) in [4.78, 5) is 0. The molecule has 0 aromatic heterocycles. The number of ether oxygens (including phenoxy) is 1. The minimum atomic E-state index is 0.302. The van der Waals surface area contributed by atoms with Crippen LogP contribution < -0.4 is 4.74 Å². The molecule has 0 heterocycles. The minimum absolute atomic E-state index is 0.302. The van der Waals surface area contributed by atoms with Crippen molar-refractivity contribution in [2.75, 3.05) is 0 Å². The van der Waals surface area contributed by atoms with Gasteiger partial charge in [-0.25, -0.2) is 0 Å². The first-order valence-electron chi connectivity index (χ1n) is 3.63. The first kappa shape index (κ1) is 7.79. The van der Waals surface area contributed by atoms with Crippen LogP contribution in [0.25, 0.3) is 0 Å². The molecule has 0 bridgehead atoms. The fourth-order valence-corrected chi connectivity index (χ4v) is 0.703. The maximum atomic E-state index is 7.25. The Morgan fingerprint density at radius 2 is 2.00 bits per heavy atom. The van der Waals surface area contributed by atoms with Gasteiger partial charge in [0.2, 0.25) is 0 Å². The summed E-state index contributed by atoms with van der Waals surface area (Å²) < 4.78 is 5.15. The molecule has 0 saturated heterocycles. The van der Waals surface area contributed by atoms with Gasteiger partial charge < -0.3 is 4.74 Å². The van der Waals surface area contributed by atoms with Gasteiger partial charge in [-0.3, -0.25) is 5.41 Å². The van der Waals surface area contributed by atoms with Crippen molar-refractivity contribution in [3.8, 4) is 5.75 Å². The number of hydrogen-bond acceptors (Lipinski definition) is 2. The maximum Gasteiger partial charge on any atom is 0.187 e. The van der Waals surface area contributed by atoms with Crippen LogP contribution in [0.2, 0.25) is 0 Å². The Kier molecular flexibility index (Phi) is 2.66. The summed E-state index contributed by atoms with van der Waals surface area (Å²) in [7, 11) is 0. The molecule has 1 aromatic rings. The highest BCUT2D eigenvalue weighted by Gasteiger charge is 1.94. The van der Waals surface area contributed by atoms with E-state index >= 15 is 0 Å². The summed E-state index contributed by atoms with van der Waals surface area (Å²) in [6.45, 7) is 1.89. The van der Waals surface area contributed by atoms with Crippen molar-refractivity contribution >= 4 is 5.90 Å². The second-order valence-electron chi connectivity index (χ2n) is 2.19. The molecule has 1 aromatic carbocycles. The molecule has 0 saturated carbocycles. The zero-order chi connectivity index (χ0) is 8.10. The first-order chi connectivity index (χ1) is 5.33. The standard InChI is InChI=1S/C9H11NO/c1-2-9(10)11-8-6-4-3-5-7-8/h3-7,10H,2H2,1H3. The van der Waals surface area contributed by atoms with E-state index in [9.17, 15) is 0 Å². The maximum absolute atomic E-state index is 7.25. The Labute approximate surface area is 66.3 Å². The highest BCUT2D eigenvalue weighted by molar-refractivity contribution is 5.74. The number of nitrogens with one attached hydrogen (secondary N) is 1. The second-order valence-corrected chi connectivity index (χ2v) is 2.19. The van der Waals surface area contributed by atoms with Crippen molar-refractivity contribution in [2.24, 2.45) is 0 Å². The van der Waals surface area contributed by atoms with Crippen LogP contribution in [-0.2, 0) is 0 Å². The van der Waals surface area contributed by atoms with Crippen molar-refractivity contribution in [3.63, 3.8) is 0 Å². The van der Waals surface area contributed by atoms with E-state index < -0.39 is 0 Å². The van der Waals surface area contributed by atoms with E-state index in [1.54, 1.807) is 0 Å². The van der Waals surface area contributed by atoms with E-state index in [-0.39, 0.29) is 0 Å². The van der Waals surface area contributed by atoms with Crippen LogP contribution in [0.5, 0.6) is 5.75 Å². The lowest BCUT2D eigenvalue weighted by atomic mass is 10.3. The van der Waals surface area contributed by atoms with Gasteiger partial charge in [0, 0.05) is 6.42 Å². The van der Waals surface area contributed by atoms with Gasteiger partial charge in [-0.15, -0.1) is 0 Å². The molecule has 58 valence electrons. The van der Waals surface area contributed by atoms with Gasteiger partial charge in [-0.2, -0.15) is 0 Å². The molecule has 1 rings (SSSR count). The predicted octanol–water partition coefficient (Wildman–Crippen LogP) is 2.45. The van der Waals surface area contributed by atoms with Crippen LogP contribution in [0.4, 0.5) is 0 Å². The van der Waals surface area contributed by atoms with Crippen molar-refractivity contribution in [3.05, 3.63) is 30.3 Å². The average Bonchev–Trinajstić information content (AvgIpc) is 2.06. The topological polar surface area (TPSA) is 33.1 Å². The lowest BCUT2D eigenvalue weighted by molar-refractivity contribution is 0.530. The first-order valence-corrected chi connectivity index (χ1v) is 3.63. The smallest absolute Gasteiger partial charge is 0.187 e. The fraction of sp³-hybridized carbons (Fsp3) is 0.222. The van der Waals surface area contributed by atoms with E-state index in [0.717, 1.165) is 5.75 Å². The van der Waals surface area contributed by atoms with Gasteiger partial charge in [-0.1, -0.05) is 25.1 Å². The number of para-hydroxylation sites is 1. The third-order valence-corrected chi connectivity index (χ3v) is 1.31. The molecule has 11 heavy (non-hydrogen) atoms. The second kappa shape index (κ2) is 3.76. The van der Waals surface area contributed by atoms with E-state index in [4.69, 9.17) is 10.1 Å². The van der Waals surface area contributed by atoms with Gasteiger partial charge in [0.05, 0.1) is 0 Å². The molecule has 0 unspecified atom stereocenters. The Bertz CT molecular complexity index is 231. The summed E-state index contributed by atoms with van der Waals surface area (Å²) in [5.74, 6) is 1.04. The van der Waals surface area contributed by atoms with Crippen molar-refractivity contribution in [2.45, 2.75) is 13.3 Å². The zero-order valence-corrected chi connectivity index (χ0v) is 6.50. The van der Waals surface area contributed by atoms with Gasteiger partial charge in [0.25, 0.3) is 0 Å². The molecule has 0 aliphatic heterocycles. The lowest BCUT2D eigenvalue weighted by Crippen LogP contribution is -2.03. The van der Waals surface area contributed by atoms with Gasteiger partial charge in [0.15, 0.2) is 5.90 Å². The van der Waals surface area contributed by atoms with E-state index in [1.807, 2.05) is 37.3 Å². The van der Waals surface area contributed by atoms with Gasteiger partial charge >= 0.3 is 0 Å². The molecule has 2 nitrogen and oxygen atoms in total. The molecular formula is C9H11NO. The van der Waals surface area contributed by atoms with Gasteiger partial charge in [-0.05, 0) is 12.1 Å². The van der Waals surface area contributed by atoms with Crippen molar-refractivity contribution in [1.82, 2.24) is 0 Å². The SMILES string of the molecule is CCC(=N)Oc1ccccc1. The fourth-order valence-electron chi connectivity index (χ4n) is 0.703. The van der Waals surface area contributed by atoms with E-state index in [0.29, 0.717) is 12.3 Å². The Balaban J connectivity index is 2.58. The van der Waals surface area contributed by atoms with Crippen LogP contribution in [-0.4, -0.2) is 5.90 Å². The summed E-state index contributed by atoms with van der Waals surface area (Å²) >= 11 is 0. The highest BCUT2D eigenvalue weighted by Crippen LogP contribution is 2.08. The molecule has 0 amide bonds. The molecule has 0 spiro atoms. The molecule has 2 heteroatoms. The normalized spacial score (nSPS) is 9.18. The number of rotatable bonds is 2. The quantitative estimate of drug-likeness (QED) is 0.508. The predicted molar refractivity (Wildman–Crippen MR) is 45.1 cm³/mol. The molecule has 0 atom stereocenters. The monoisotopic (exact) mass is 149 g/mol. The number of benzene rings is 1. The van der Waals surface area contributed by atoms with Crippen LogP contribution >= 0.6 is 0 Å².